The molecule has 1 heterocycles. The average molecular weight is 254 g/mol. The van der Waals surface area contributed by atoms with Crippen molar-refractivity contribution in [3.05, 3.63) is 0 Å². The quantitative estimate of drug-likeness (QED) is 0.837. The minimum atomic E-state index is -0.00454. The van der Waals surface area contributed by atoms with Crippen molar-refractivity contribution in [1.82, 2.24) is 4.90 Å². The molecule has 0 aromatic heterocycles. The molecule has 1 aliphatic heterocycles. The number of nitrogens with zero attached hydrogens (tertiary/aromatic N) is 1. The van der Waals surface area contributed by atoms with Crippen molar-refractivity contribution in [2.75, 3.05) is 20.2 Å². The monoisotopic (exact) mass is 254 g/mol. The highest BCUT2D eigenvalue weighted by molar-refractivity contribution is 5.00. The number of fused-ring (bicyclic) bond motifs is 1. The standard InChI is InChI=1S/C15H30N2O/c1-12(18-3)15(2,11-16)17-10-6-8-13-7-4-5-9-14(13)17/h12-14H,4-11,16H2,1-3H3. The zero-order valence-corrected chi connectivity index (χ0v) is 12.3. The van der Waals surface area contributed by atoms with Crippen LogP contribution in [0.2, 0.25) is 0 Å². The number of ether oxygens (including phenoxy) is 1. The van der Waals surface area contributed by atoms with Gasteiger partial charge in [0.25, 0.3) is 0 Å². The molecule has 2 N–H and O–H groups in total. The van der Waals surface area contributed by atoms with Gasteiger partial charge in [-0.15, -0.1) is 0 Å². The normalized spacial score (nSPS) is 34.7. The van der Waals surface area contributed by atoms with Gasteiger partial charge in [-0.2, -0.15) is 0 Å². The highest BCUT2D eigenvalue weighted by Gasteiger charge is 2.44. The minimum Gasteiger partial charge on any atom is -0.380 e. The van der Waals surface area contributed by atoms with Crippen LogP contribution in [0.1, 0.15) is 52.4 Å². The van der Waals surface area contributed by atoms with Crippen molar-refractivity contribution in [1.29, 1.82) is 0 Å². The van der Waals surface area contributed by atoms with E-state index in [1.165, 1.54) is 45.1 Å². The summed E-state index contributed by atoms with van der Waals surface area (Å²) in [6.07, 6.45) is 8.53. The summed E-state index contributed by atoms with van der Waals surface area (Å²) in [5.41, 5.74) is 6.11. The predicted molar refractivity (Wildman–Crippen MR) is 75.6 cm³/mol. The number of hydrogen-bond donors (Lipinski definition) is 1. The summed E-state index contributed by atoms with van der Waals surface area (Å²) in [6.45, 7) is 6.34. The van der Waals surface area contributed by atoms with E-state index in [0.717, 1.165) is 12.0 Å². The van der Waals surface area contributed by atoms with Gasteiger partial charge in [-0.3, -0.25) is 4.90 Å². The molecule has 0 radical (unpaired) electrons. The summed E-state index contributed by atoms with van der Waals surface area (Å²) in [5, 5.41) is 0. The molecule has 106 valence electrons. The Morgan fingerprint density at radius 1 is 1.28 bits per heavy atom. The summed E-state index contributed by atoms with van der Waals surface area (Å²) >= 11 is 0. The van der Waals surface area contributed by atoms with Crippen LogP contribution < -0.4 is 5.73 Å². The van der Waals surface area contributed by atoms with Crippen LogP contribution in [0, 0.1) is 5.92 Å². The van der Waals surface area contributed by atoms with Crippen molar-refractivity contribution in [3.63, 3.8) is 0 Å². The Morgan fingerprint density at radius 3 is 2.61 bits per heavy atom. The topological polar surface area (TPSA) is 38.5 Å². The lowest BCUT2D eigenvalue weighted by Gasteiger charge is -2.54. The Kier molecular flexibility index (Phi) is 4.68. The summed E-state index contributed by atoms with van der Waals surface area (Å²) in [7, 11) is 1.81. The van der Waals surface area contributed by atoms with Gasteiger partial charge in [0.1, 0.15) is 0 Å². The molecule has 18 heavy (non-hydrogen) atoms. The molecule has 0 aromatic carbocycles. The zero-order chi connectivity index (χ0) is 13.2. The molecule has 0 bridgehead atoms. The molecular formula is C15H30N2O. The van der Waals surface area contributed by atoms with Crippen LogP contribution in [0.5, 0.6) is 0 Å². The third kappa shape index (κ3) is 2.45. The van der Waals surface area contributed by atoms with Gasteiger partial charge in [-0.05, 0) is 52.0 Å². The zero-order valence-electron chi connectivity index (χ0n) is 12.3. The lowest BCUT2D eigenvalue weighted by molar-refractivity contribution is -0.0845. The summed E-state index contributed by atoms with van der Waals surface area (Å²) < 4.78 is 5.62. The number of methoxy groups -OCH3 is 1. The predicted octanol–water partition coefficient (Wildman–Crippen LogP) is 2.39. The van der Waals surface area contributed by atoms with Crippen LogP contribution in [0.3, 0.4) is 0 Å². The van der Waals surface area contributed by atoms with Gasteiger partial charge in [-0.1, -0.05) is 12.8 Å². The van der Waals surface area contributed by atoms with Gasteiger partial charge in [-0.25, -0.2) is 0 Å². The maximum atomic E-state index is 6.11. The van der Waals surface area contributed by atoms with Crippen LogP contribution in [0.25, 0.3) is 0 Å². The average Bonchev–Trinajstić information content (AvgIpc) is 2.45. The fourth-order valence-electron chi connectivity index (χ4n) is 4.03. The molecule has 1 saturated heterocycles. The number of nitrogens with two attached hydrogens (primary N) is 1. The van der Waals surface area contributed by atoms with Crippen LogP contribution in [0.15, 0.2) is 0 Å². The molecule has 2 aliphatic rings. The van der Waals surface area contributed by atoms with E-state index in [0.29, 0.717) is 6.54 Å². The summed E-state index contributed by atoms with van der Waals surface area (Å²) in [5.74, 6) is 0.905. The van der Waals surface area contributed by atoms with E-state index < -0.39 is 0 Å². The largest absolute Gasteiger partial charge is 0.380 e. The molecule has 0 aromatic rings. The number of likely N-dealkylation sites (tertiary alicyclic amines) is 1. The fraction of sp³-hybridized carbons (Fsp3) is 1.00. The maximum Gasteiger partial charge on any atom is 0.0736 e. The Morgan fingerprint density at radius 2 is 1.94 bits per heavy atom. The smallest absolute Gasteiger partial charge is 0.0736 e. The Balaban J connectivity index is 2.17. The van der Waals surface area contributed by atoms with Crippen molar-refractivity contribution in [2.24, 2.45) is 11.7 Å². The van der Waals surface area contributed by atoms with E-state index in [9.17, 15) is 0 Å². The van der Waals surface area contributed by atoms with Crippen molar-refractivity contribution < 1.29 is 4.74 Å². The molecule has 4 atom stereocenters. The van der Waals surface area contributed by atoms with E-state index in [4.69, 9.17) is 10.5 Å². The van der Waals surface area contributed by atoms with E-state index >= 15 is 0 Å². The highest BCUT2D eigenvalue weighted by atomic mass is 16.5. The summed E-state index contributed by atoms with van der Waals surface area (Å²) in [6, 6.07) is 0.749. The molecule has 2 rings (SSSR count). The van der Waals surface area contributed by atoms with Gasteiger partial charge in [0.2, 0.25) is 0 Å². The van der Waals surface area contributed by atoms with Gasteiger partial charge in [0.05, 0.1) is 11.6 Å². The van der Waals surface area contributed by atoms with Crippen molar-refractivity contribution in [2.45, 2.75) is 70.1 Å². The third-order valence-corrected chi connectivity index (χ3v) is 5.54. The lowest BCUT2D eigenvalue weighted by atomic mass is 9.75. The van der Waals surface area contributed by atoms with Crippen molar-refractivity contribution >= 4 is 0 Å². The molecule has 3 heteroatoms. The Bertz CT molecular complexity index is 269. The van der Waals surface area contributed by atoms with E-state index in [1.54, 1.807) is 7.11 Å². The first-order valence-electron chi connectivity index (χ1n) is 7.63. The Labute approximate surface area is 112 Å². The molecule has 2 fully saturated rings. The fourth-order valence-corrected chi connectivity index (χ4v) is 4.03. The molecule has 0 spiro atoms. The van der Waals surface area contributed by atoms with Gasteiger partial charge in [0.15, 0.2) is 0 Å². The minimum absolute atomic E-state index is 0.00454. The highest BCUT2D eigenvalue weighted by Crippen LogP contribution is 2.39. The van der Waals surface area contributed by atoms with E-state index in [1.807, 2.05) is 0 Å². The van der Waals surface area contributed by atoms with Crippen LogP contribution in [0.4, 0.5) is 0 Å². The first-order chi connectivity index (χ1) is 8.63. The van der Waals surface area contributed by atoms with Crippen molar-refractivity contribution in [3.8, 4) is 0 Å². The molecule has 1 aliphatic carbocycles. The van der Waals surface area contributed by atoms with Crippen LogP contribution in [-0.4, -0.2) is 42.8 Å². The van der Waals surface area contributed by atoms with E-state index in [2.05, 4.69) is 18.7 Å². The molecule has 3 nitrogen and oxygen atoms in total. The van der Waals surface area contributed by atoms with Gasteiger partial charge < -0.3 is 10.5 Å². The number of rotatable bonds is 4. The van der Waals surface area contributed by atoms with Crippen LogP contribution >= 0.6 is 0 Å². The Hall–Kier alpha value is -0.120. The summed E-state index contributed by atoms with van der Waals surface area (Å²) in [4.78, 5) is 2.69. The molecule has 0 amide bonds. The lowest BCUT2D eigenvalue weighted by Crippen LogP contribution is -2.65. The molecule has 1 saturated carbocycles. The number of hydrogen-bond acceptors (Lipinski definition) is 3. The van der Waals surface area contributed by atoms with E-state index in [-0.39, 0.29) is 11.6 Å². The first-order valence-corrected chi connectivity index (χ1v) is 7.63. The third-order valence-electron chi connectivity index (χ3n) is 5.54. The molecular weight excluding hydrogens is 224 g/mol. The van der Waals surface area contributed by atoms with Gasteiger partial charge in [0, 0.05) is 19.7 Å². The first kappa shape index (κ1) is 14.3. The second-order valence-corrected chi connectivity index (χ2v) is 6.39. The molecule has 4 unspecified atom stereocenters. The second kappa shape index (κ2) is 5.89. The van der Waals surface area contributed by atoms with Crippen LogP contribution in [-0.2, 0) is 4.74 Å². The maximum absolute atomic E-state index is 6.11. The second-order valence-electron chi connectivity index (χ2n) is 6.39. The SMILES string of the molecule is COC(C)C(C)(CN)N1CCCC2CCCCC21. The number of piperidine rings is 1. The van der Waals surface area contributed by atoms with Gasteiger partial charge >= 0.3 is 0 Å².